The fourth-order valence-corrected chi connectivity index (χ4v) is 3.93. The number of ether oxygens (including phenoxy) is 2. The fraction of sp³-hybridized carbons (Fsp3) is 0.217. The summed E-state index contributed by atoms with van der Waals surface area (Å²) in [5, 5.41) is 2.42. The van der Waals surface area contributed by atoms with Crippen LogP contribution in [0.1, 0.15) is 19.3 Å². The molecule has 6 heteroatoms. The van der Waals surface area contributed by atoms with Crippen molar-refractivity contribution in [3.8, 4) is 17.2 Å². The highest BCUT2D eigenvalue weighted by atomic mass is 16.5. The molecule has 2 aromatic rings. The molecule has 2 aromatic carbocycles. The number of hydrogen-bond donors (Lipinski definition) is 0. The van der Waals surface area contributed by atoms with Gasteiger partial charge >= 0.3 is 0 Å². The molecule has 3 aliphatic rings. The lowest BCUT2D eigenvalue weighted by Gasteiger charge is -2.46. The minimum Gasteiger partial charge on any atom is -0.493 e. The predicted octanol–water partition coefficient (Wildman–Crippen LogP) is 5.02. The summed E-state index contributed by atoms with van der Waals surface area (Å²) in [4.78, 5) is 8.74. The molecule has 0 aromatic heterocycles. The zero-order valence-corrected chi connectivity index (χ0v) is 16.3. The number of anilines is 1. The van der Waals surface area contributed by atoms with Crippen LogP contribution in [0.3, 0.4) is 0 Å². The second-order valence-corrected chi connectivity index (χ2v) is 7.31. The molecule has 1 atom stereocenters. The number of benzene rings is 2. The average Bonchev–Trinajstić information content (AvgIpc) is 3.16. The van der Waals surface area contributed by atoms with Crippen molar-refractivity contribution in [3.63, 3.8) is 0 Å². The number of quaternary nitrogens is 1. The summed E-state index contributed by atoms with van der Waals surface area (Å²) in [5.74, 6) is 2.19. The largest absolute Gasteiger partial charge is 0.493 e. The maximum absolute atomic E-state index is 6.04. The van der Waals surface area contributed by atoms with Crippen LogP contribution in [0.5, 0.6) is 17.2 Å². The minimum absolute atomic E-state index is 0.458. The standard InChI is InChI=1S/C23H23N4O2/c1-28-22-7-2-3-8-23(22)29-21-11-9-19(10-12-21)26(18-5-4-6-18)27-14-13-24-15-20(27)16-25-17-27/h2-3,7-18H,4-6H2,1H3/q+1. The molecule has 0 radical (unpaired) electrons. The summed E-state index contributed by atoms with van der Waals surface area (Å²) in [7, 11) is 1.65. The highest BCUT2D eigenvalue weighted by molar-refractivity contribution is 5.82. The summed E-state index contributed by atoms with van der Waals surface area (Å²) >= 11 is 0. The maximum atomic E-state index is 6.04. The summed E-state index contributed by atoms with van der Waals surface area (Å²) in [6.07, 6.45) is 13.3. The number of para-hydroxylation sites is 2. The Balaban J connectivity index is 1.46. The molecule has 0 amide bonds. The van der Waals surface area contributed by atoms with Gasteiger partial charge in [-0.25, -0.2) is 10.0 Å². The number of nitrogens with zero attached hydrogens (tertiary/aromatic N) is 4. The maximum Gasteiger partial charge on any atom is 0.225 e. The highest BCUT2D eigenvalue weighted by Crippen LogP contribution is 2.40. The number of rotatable bonds is 6. The zero-order valence-electron chi connectivity index (χ0n) is 16.3. The van der Waals surface area contributed by atoms with E-state index in [2.05, 4.69) is 33.3 Å². The first-order valence-electron chi connectivity index (χ1n) is 9.85. The second kappa shape index (κ2) is 7.22. The second-order valence-electron chi connectivity index (χ2n) is 7.31. The Morgan fingerprint density at radius 2 is 1.79 bits per heavy atom. The van der Waals surface area contributed by atoms with Gasteiger partial charge in [0, 0.05) is 0 Å². The number of allylic oxidation sites excluding steroid dienone is 1. The van der Waals surface area contributed by atoms with Crippen LogP contribution in [0.25, 0.3) is 0 Å². The molecule has 146 valence electrons. The topological polar surface area (TPSA) is 46.4 Å². The van der Waals surface area contributed by atoms with Crippen LogP contribution in [0.2, 0.25) is 0 Å². The van der Waals surface area contributed by atoms with Gasteiger partial charge in [0.15, 0.2) is 17.7 Å². The number of aliphatic imine (C=N–C) groups is 2. The van der Waals surface area contributed by atoms with Crippen molar-refractivity contribution in [1.82, 2.24) is 0 Å². The quantitative estimate of drug-likeness (QED) is 0.654. The van der Waals surface area contributed by atoms with Crippen molar-refractivity contribution in [1.29, 1.82) is 0 Å². The molecule has 1 aliphatic carbocycles. The summed E-state index contributed by atoms with van der Waals surface area (Å²) in [6.45, 7) is 0. The molecule has 0 N–H and O–H groups in total. The molecule has 0 bridgehead atoms. The number of hydrogen-bond acceptors (Lipinski definition) is 5. The summed E-state index contributed by atoms with van der Waals surface area (Å²) < 4.78 is 11.9. The van der Waals surface area contributed by atoms with Gasteiger partial charge in [0.25, 0.3) is 0 Å². The molecule has 5 rings (SSSR count). The van der Waals surface area contributed by atoms with E-state index in [1.807, 2.05) is 61.4 Å². The van der Waals surface area contributed by atoms with E-state index >= 15 is 0 Å². The van der Waals surface area contributed by atoms with Crippen molar-refractivity contribution >= 4 is 18.2 Å². The molecule has 29 heavy (non-hydrogen) atoms. The smallest absolute Gasteiger partial charge is 0.225 e. The molecule has 2 aliphatic heterocycles. The third-order valence-corrected chi connectivity index (χ3v) is 5.63. The molecule has 0 spiro atoms. The van der Waals surface area contributed by atoms with Gasteiger partial charge in [0.1, 0.15) is 5.75 Å². The predicted molar refractivity (Wildman–Crippen MR) is 114 cm³/mol. The lowest BCUT2D eigenvalue weighted by molar-refractivity contribution is -0.746. The van der Waals surface area contributed by atoms with Gasteiger partial charge in [-0.15, -0.1) is 4.59 Å². The van der Waals surface area contributed by atoms with Gasteiger partial charge in [-0.3, -0.25) is 4.99 Å². The van der Waals surface area contributed by atoms with Crippen LogP contribution in [0.4, 0.5) is 5.69 Å². The Labute approximate surface area is 170 Å². The third kappa shape index (κ3) is 3.02. The fourth-order valence-electron chi connectivity index (χ4n) is 3.93. The number of methoxy groups -OCH3 is 1. The van der Waals surface area contributed by atoms with E-state index in [-0.39, 0.29) is 0 Å². The third-order valence-electron chi connectivity index (χ3n) is 5.63. The molecule has 1 fully saturated rings. The van der Waals surface area contributed by atoms with Crippen LogP contribution in [-0.2, 0) is 0 Å². The van der Waals surface area contributed by atoms with E-state index in [9.17, 15) is 0 Å². The Morgan fingerprint density at radius 3 is 2.52 bits per heavy atom. The molecule has 6 nitrogen and oxygen atoms in total. The van der Waals surface area contributed by atoms with E-state index in [1.165, 1.54) is 19.3 Å². The first kappa shape index (κ1) is 17.7. The zero-order chi connectivity index (χ0) is 19.7. The van der Waals surface area contributed by atoms with Gasteiger partial charge in [0.2, 0.25) is 12.0 Å². The van der Waals surface area contributed by atoms with Crippen LogP contribution >= 0.6 is 0 Å². The number of fused-ring (bicyclic) bond motifs is 1. The van der Waals surface area contributed by atoms with E-state index in [4.69, 9.17) is 9.47 Å². The van der Waals surface area contributed by atoms with Gasteiger partial charge in [-0.05, 0) is 55.7 Å². The summed E-state index contributed by atoms with van der Waals surface area (Å²) in [6, 6.07) is 16.3. The highest BCUT2D eigenvalue weighted by Gasteiger charge is 2.46. The van der Waals surface area contributed by atoms with Gasteiger partial charge in [-0.1, -0.05) is 12.1 Å². The van der Waals surface area contributed by atoms with E-state index < -0.39 is 0 Å². The Hall–Kier alpha value is -3.38. The Morgan fingerprint density at radius 1 is 1.00 bits per heavy atom. The van der Waals surface area contributed by atoms with Gasteiger partial charge in [0.05, 0.1) is 37.5 Å². The normalized spacial score (nSPS) is 22.0. The van der Waals surface area contributed by atoms with E-state index in [0.717, 1.165) is 17.1 Å². The van der Waals surface area contributed by atoms with E-state index in [0.29, 0.717) is 22.1 Å². The van der Waals surface area contributed by atoms with Crippen LogP contribution < -0.4 is 14.5 Å². The lowest BCUT2D eigenvalue weighted by Crippen LogP contribution is -2.61. The average molecular weight is 387 g/mol. The SMILES string of the molecule is COc1ccccc1Oc1ccc(N(C2CCC2)[N+]23C=CN=CC2=CN=C3)cc1. The van der Waals surface area contributed by atoms with E-state index in [1.54, 1.807) is 7.11 Å². The lowest BCUT2D eigenvalue weighted by atomic mass is 9.92. The monoisotopic (exact) mass is 387 g/mol. The Bertz CT molecular complexity index is 1020. The molecule has 1 saturated carbocycles. The van der Waals surface area contributed by atoms with Crippen LogP contribution in [-0.4, -0.2) is 30.3 Å². The van der Waals surface area contributed by atoms with Crippen LogP contribution in [0.15, 0.2) is 82.8 Å². The minimum atomic E-state index is 0.458. The van der Waals surface area contributed by atoms with Crippen molar-refractivity contribution in [2.75, 3.05) is 12.1 Å². The Kier molecular flexibility index (Phi) is 4.41. The first-order chi connectivity index (χ1) is 14.3. The molecule has 0 saturated heterocycles. The van der Waals surface area contributed by atoms with Crippen molar-refractivity contribution in [2.24, 2.45) is 9.98 Å². The molecular weight excluding hydrogens is 364 g/mol. The first-order valence-corrected chi connectivity index (χ1v) is 9.85. The van der Waals surface area contributed by atoms with Gasteiger partial charge < -0.3 is 9.47 Å². The summed E-state index contributed by atoms with van der Waals surface area (Å²) in [5.41, 5.74) is 2.18. The van der Waals surface area contributed by atoms with Crippen LogP contribution in [0, 0.1) is 0 Å². The molecule has 2 heterocycles. The molecular formula is C23H23N4O2+. The molecule has 1 unspecified atom stereocenters. The van der Waals surface area contributed by atoms with Crippen molar-refractivity contribution in [2.45, 2.75) is 25.3 Å². The van der Waals surface area contributed by atoms with Crippen molar-refractivity contribution < 1.29 is 14.1 Å². The van der Waals surface area contributed by atoms with Crippen molar-refractivity contribution in [3.05, 3.63) is 72.8 Å². The van der Waals surface area contributed by atoms with Gasteiger partial charge in [-0.2, -0.15) is 0 Å².